The fraction of sp³-hybridized carbons (Fsp3) is 0.0714. The predicted octanol–water partition coefficient (Wildman–Crippen LogP) is 4.65. The van der Waals surface area contributed by atoms with Crippen LogP contribution in [-0.4, -0.2) is 4.98 Å². The number of aromatic nitrogens is 1. The minimum absolute atomic E-state index is 0.914. The molecule has 0 amide bonds. The molecule has 3 rings (SSSR count). The monoisotopic (exact) mass is 303 g/mol. The maximum Gasteiger partial charge on any atom is 0.0982 e. The van der Waals surface area contributed by atoms with Gasteiger partial charge in [-0.3, -0.25) is 0 Å². The van der Waals surface area contributed by atoms with Crippen molar-refractivity contribution in [3.8, 4) is 0 Å². The van der Waals surface area contributed by atoms with E-state index in [2.05, 4.69) is 63.4 Å². The molecular weight excluding hydrogens is 294 g/mol. The van der Waals surface area contributed by atoms with Crippen LogP contribution in [0.4, 0.5) is 0 Å². The van der Waals surface area contributed by atoms with Gasteiger partial charge < -0.3 is 0 Å². The summed E-state index contributed by atoms with van der Waals surface area (Å²) in [5.74, 6) is 0. The Kier molecular flexibility index (Phi) is 2.95. The average molecular weight is 304 g/mol. The highest BCUT2D eigenvalue weighted by Crippen LogP contribution is 2.26. The van der Waals surface area contributed by atoms with Crippen molar-refractivity contribution in [3.05, 3.63) is 63.6 Å². The highest BCUT2D eigenvalue weighted by Gasteiger charge is 2.04. The summed E-state index contributed by atoms with van der Waals surface area (Å²) < 4.78 is 2.33. The molecule has 0 radical (unpaired) electrons. The Morgan fingerprint density at radius 3 is 2.71 bits per heavy atom. The fourth-order valence-electron chi connectivity index (χ4n) is 1.79. The van der Waals surface area contributed by atoms with E-state index in [9.17, 15) is 0 Å². The molecular formula is C14H10BrNS. The third-order valence-corrected chi connectivity index (χ3v) is 4.12. The largest absolute Gasteiger partial charge is 0.241 e. The second-order valence-electron chi connectivity index (χ2n) is 3.88. The quantitative estimate of drug-likeness (QED) is 0.671. The van der Waals surface area contributed by atoms with E-state index in [4.69, 9.17) is 0 Å². The van der Waals surface area contributed by atoms with Crippen molar-refractivity contribution in [2.45, 2.75) is 6.42 Å². The lowest BCUT2D eigenvalue weighted by molar-refractivity contribution is 1.15. The molecule has 84 valence electrons. The number of nitrogens with zero attached hydrogens (tertiary/aromatic N) is 1. The smallest absolute Gasteiger partial charge is 0.0982 e. The maximum absolute atomic E-state index is 4.66. The van der Waals surface area contributed by atoms with Gasteiger partial charge in [0.2, 0.25) is 0 Å². The first-order valence-corrected chi connectivity index (χ1v) is 7.01. The number of halogens is 1. The lowest BCUT2D eigenvalue weighted by atomic mass is 10.2. The van der Waals surface area contributed by atoms with Crippen molar-refractivity contribution in [3.63, 3.8) is 0 Å². The summed E-state index contributed by atoms with van der Waals surface area (Å²) in [5.41, 5.74) is 2.39. The van der Waals surface area contributed by atoms with Gasteiger partial charge in [-0.1, -0.05) is 46.3 Å². The van der Waals surface area contributed by atoms with Crippen LogP contribution in [0.3, 0.4) is 0 Å². The normalized spacial score (nSPS) is 10.9. The van der Waals surface area contributed by atoms with Crippen LogP contribution < -0.4 is 0 Å². The third kappa shape index (κ3) is 2.40. The zero-order valence-corrected chi connectivity index (χ0v) is 11.5. The Labute approximate surface area is 112 Å². The molecule has 1 nitrogen and oxygen atoms in total. The number of hydrogen-bond acceptors (Lipinski definition) is 2. The molecule has 2 aromatic carbocycles. The molecule has 0 fully saturated rings. The van der Waals surface area contributed by atoms with E-state index >= 15 is 0 Å². The van der Waals surface area contributed by atoms with Gasteiger partial charge in [-0.15, -0.1) is 11.3 Å². The molecule has 0 spiro atoms. The van der Waals surface area contributed by atoms with E-state index in [1.54, 1.807) is 11.3 Å². The van der Waals surface area contributed by atoms with Gasteiger partial charge in [0.25, 0.3) is 0 Å². The molecule has 0 N–H and O–H groups in total. The molecule has 3 heteroatoms. The second-order valence-corrected chi connectivity index (χ2v) is 5.91. The standard InChI is InChI=1S/C14H10BrNS/c15-11-6-7-13-12(9-11)16-14(17-13)8-10-4-2-1-3-5-10/h1-7,9H,8H2. The van der Waals surface area contributed by atoms with Gasteiger partial charge in [-0.05, 0) is 23.8 Å². The molecule has 0 atom stereocenters. The highest BCUT2D eigenvalue weighted by atomic mass is 79.9. The van der Waals surface area contributed by atoms with Crippen molar-refractivity contribution in [1.82, 2.24) is 4.98 Å². The minimum atomic E-state index is 0.914. The number of fused-ring (bicyclic) bond motifs is 1. The summed E-state index contributed by atoms with van der Waals surface area (Å²) in [4.78, 5) is 4.66. The van der Waals surface area contributed by atoms with Gasteiger partial charge in [0, 0.05) is 10.9 Å². The molecule has 1 aromatic heterocycles. The first-order chi connectivity index (χ1) is 8.31. The van der Waals surface area contributed by atoms with Gasteiger partial charge in [0.15, 0.2) is 0 Å². The van der Waals surface area contributed by atoms with Crippen LogP contribution in [0, 0.1) is 0 Å². The first kappa shape index (κ1) is 10.9. The maximum atomic E-state index is 4.66. The topological polar surface area (TPSA) is 12.9 Å². The molecule has 17 heavy (non-hydrogen) atoms. The summed E-state index contributed by atoms with van der Waals surface area (Å²) in [6, 6.07) is 16.7. The van der Waals surface area contributed by atoms with Crippen LogP contribution in [0.1, 0.15) is 10.6 Å². The highest BCUT2D eigenvalue weighted by molar-refractivity contribution is 9.10. The summed E-state index contributed by atoms with van der Waals surface area (Å²) >= 11 is 5.24. The fourth-order valence-corrected chi connectivity index (χ4v) is 3.13. The lowest BCUT2D eigenvalue weighted by Gasteiger charge is -1.95. The molecule has 0 saturated heterocycles. The van der Waals surface area contributed by atoms with Crippen molar-refractivity contribution in [1.29, 1.82) is 0 Å². The summed E-state index contributed by atoms with van der Waals surface area (Å²) in [5, 5.41) is 1.17. The van der Waals surface area contributed by atoms with Crippen LogP contribution in [0.15, 0.2) is 53.0 Å². The van der Waals surface area contributed by atoms with E-state index in [1.165, 1.54) is 15.3 Å². The van der Waals surface area contributed by atoms with Crippen molar-refractivity contribution >= 4 is 37.5 Å². The SMILES string of the molecule is Brc1ccc2sc(Cc3ccccc3)nc2c1. The van der Waals surface area contributed by atoms with Crippen molar-refractivity contribution in [2.24, 2.45) is 0 Å². The Morgan fingerprint density at radius 2 is 1.88 bits per heavy atom. The van der Waals surface area contributed by atoms with Crippen LogP contribution in [-0.2, 0) is 6.42 Å². The second kappa shape index (κ2) is 4.59. The zero-order chi connectivity index (χ0) is 11.7. The summed E-state index contributed by atoms with van der Waals surface area (Å²) in [7, 11) is 0. The molecule has 3 aromatic rings. The van der Waals surface area contributed by atoms with Crippen LogP contribution in [0.5, 0.6) is 0 Å². The van der Waals surface area contributed by atoms with Crippen LogP contribution in [0.25, 0.3) is 10.2 Å². The number of thiazole rings is 1. The van der Waals surface area contributed by atoms with Gasteiger partial charge in [-0.25, -0.2) is 4.98 Å². The molecule has 0 unspecified atom stereocenters. The minimum Gasteiger partial charge on any atom is -0.241 e. The average Bonchev–Trinajstić information content (AvgIpc) is 2.71. The Bertz CT molecular complexity index is 646. The van der Waals surface area contributed by atoms with Gasteiger partial charge >= 0.3 is 0 Å². The molecule has 1 heterocycles. The Morgan fingerprint density at radius 1 is 1.06 bits per heavy atom. The predicted molar refractivity (Wildman–Crippen MR) is 76.6 cm³/mol. The first-order valence-electron chi connectivity index (χ1n) is 5.40. The van der Waals surface area contributed by atoms with Crippen LogP contribution >= 0.6 is 27.3 Å². The van der Waals surface area contributed by atoms with Crippen molar-refractivity contribution in [2.75, 3.05) is 0 Å². The molecule has 0 aliphatic rings. The van der Waals surface area contributed by atoms with Gasteiger partial charge in [0.05, 0.1) is 15.2 Å². The molecule has 0 aliphatic heterocycles. The molecule has 0 saturated carbocycles. The molecule has 0 aliphatic carbocycles. The number of hydrogen-bond donors (Lipinski definition) is 0. The summed E-state index contributed by atoms with van der Waals surface area (Å²) in [6.07, 6.45) is 0.914. The summed E-state index contributed by atoms with van der Waals surface area (Å²) in [6.45, 7) is 0. The van der Waals surface area contributed by atoms with Crippen molar-refractivity contribution < 1.29 is 0 Å². The number of benzene rings is 2. The van der Waals surface area contributed by atoms with E-state index in [1.807, 2.05) is 6.07 Å². The molecule has 0 bridgehead atoms. The van der Waals surface area contributed by atoms with E-state index in [-0.39, 0.29) is 0 Å². The Hall–Kier alpha value is -1.19. The zero-order valence-electron chi connectivity index (χ0n) is 9.06. The third-order valence-electron chi connectivity index (χ3n) is 2.59. The van der Waals surface area contributed by atoms with E-state index in [0.29, 0.717) is 0 Å². The Balaban J connectivity index is 1.96. The van der Waals surface area contributed by atoms with E-state index in [0.717, 1.165) is 16.4 Å². The lowest BCUT2D eigenvalue weighted by Crippen LogP contribution is -1.85. The van der Waals surface area contributed by atoms with Gasteiger partial charge in [0.1, 0.15) is 0 Å². The van der Waals surface area contributed by atoms with E-state index < -0.39 is 0 Å². The van der Waals surface area contributed by atoms with Gasteiger partial charge in [-0.2, -0.15) is 0 Å². The van der Waals surface area contributed by atoms with Crippen LogP contribution in [0.2, 0.25) is 0 Å². The number of rotatable bonds is 2.